The van der Waals surface area contributed by atoms with Crippen LogP contribution in [0.15, 0.2) is 18.3 Å². The molecule has 0 amide bonds. The van der Waals surface area contributed by atoms with Crippen LogP contribution in [0, 0.1) is 0 Å². The maximum Gasteiger partial charge on any atom is 0.265 e. The van der Waals surface area contributed by atoms with Crippen molar-refractivity contribution in [2.24, 2.45) is 0 Å². The molecule has 1 rings (SSSR count). The van der Waals surface area contributed by atoms with Crippen LogP contribution in [-0.2, 0) is 6.61 Å². The van der Waals surface area contributed by atoms with Crippen LogP contribution in [0.4, 0.5) is 8.78 Å². The van der Waals surface area contributed by atoms with Gasteiger partial charge in [-0.2, -0.15) is 0 Å². The highest BCUT2D eigenvalue weighted by Crippen LogP contribution is 2.16. The minimum atomic E-state index is -2.49. The molecule has 0 unspecified atom stereocenters. The highest BCUT2D eigenvalue weighted by Gasteiger charge is 2.05. The number of hydrogen-bond acceptors (Lipinski definition) is 2. The number of aliphatic hydroxyl groups excluding tert-OH is 1. The largest absolute Gasteiger partial charge is 0.390 e. The minimum Gasteiger partial charge on any atom is -0.390 e. The van der Waals surface area contributed by atoms with Crippen LogP contribution in [0.2, 0.25) is 0 Å². The van der Waals surface area contributed by atoms with Gasteiger partial charge in [0.1, 0.15) is 0 Å². The smallest absolute Gasteiger partial charge is 0.265 e. The van der Waals surface area contributed by atoms with E-state index in [1.165, 1.54) is 12.1 Å². The van der Waals surface area contributed by atoms with E-state index in [4.69, 9.17) is 5.11 Å². The van der Waals surface area contributed by atoms with Gasteiger partial charge in [-0.05, 0) is 12.1 Å². The van der Waals surface area contributed by atoms with Crippen LogP contribution in [0.3, 0.4) is 0 Å². The predicted molar refractivity (Wildman–Crippen MR) is 35.1 cm³/mol. The fraction of sp³-hybridized carbons (Fsp3) is 0.286. The quantitative estimate of drug-likeness (QED) is 0.709. The average Bonchev–Trinajstić information content (AvgIpc) is 2.05. The maximum atomic E-state index is 11.9. The van der Waals surface area contributed by atoms with Gasteiger partial charge < -0.3 is 5.11 Å². The molecule has 0 bridgehead atoms. The molecule has 1 N–H and O–H groups in total. The number of pyridine rings is 1. The Bertz CT molecular complexity index is 222. The van der Waals surface area contributed by atoms with Crippen molar-refractivity contribution < 1.29 is 13.9 Å². The zero-order valence-corrected chi connectivity index (χ0v) is 5.67. The van der Waals surface area contributed by atoms with Crippen molar-refractivity contribution in [1.29, 1.82) is 0 Å². The van der Waals surface area contributed by atoms with Gasteiger partial charge in [-0.15, -0.1) is 0 Å². The van der Waals surface area contributed by atoms with E-state index in [0.717, 1.165) is 6.20 Å². The summed E-state index contributed by atoms with van der Waals surface area (Å²) in [5.41, 5.74) is 0.275. The van der Waals surface area contributed by atoms with E-state index >= 15 is 0 Å². The molecule has 0 aliphatic heterocycles. The summed E-state index contributed by atoms with van der Waals surface area (Å²) in [5.74, 6) is 0. The molecule has 0 radical (unpaired) electrons. The SMILES string of the molecule is OCc1ccc(C(F)F)cn1. The van der Waals surface area contributed by atoms with E-state index in [0.29, 0.717) is 5.69 Å². The molecule has 1 heterocycles. The molecule has 2 nitrogen and oxygen atoms in total. The van der Waals surface area contributed by atoms with Gasteiger partial charge in [-0.3, -0.25) is 4.98 Å². The zero-order valence-electron chi connectivity index (χ0n) is 5.67. The summed E-state index contributed by atoms with van der Waals surface area (Å²) in [6.45, 7) is -0.219. The second kappa shape index (κ2) is 3.39. The van der Waals surface area contributed by atoms with Crippen LogP contribution in [0.1, 0.15) is 17.7 Å². The third kappa shape index (κ3) is 1.94. The molecule has 60 valence electrons. The molecule has 4 heteroatoms. The van der Waals surface area contributed by atoms with Gasteiger partial charge in [0.15, 0.2) is 0 Å². The third-order valence-electron chi connectivity index (χ3n) is 1.26. The number of aliphatic hydroxyl groups is 1. The van der Waals surface area contributed by atoms with Gasteiger partial charge in [0.05, 0.1) is 12.3 Å². The van der Waals surface area contributed by atoms with Gasteiger partial charge in [0.2, 0.25) is 0 Å². The molecule has 0 aliphatic carbocycles. The predicted octanol–water partition coefficient (Wildman–Crippen LogP) is 1.51. The molecule has 0 saturated carbocycles. The number of hydrogen-bond donors (Lipinski definition) is 1. The van der Waals surface area contributed by atoms with Crippen molar-refractivity contribution in [3.8, 4) is 0 Å². The maximum absolute atomic E-state index is 11.9. The number of nitrogens with zero attached hydrogens (tertiary/aromatic N) is 1. The lowest BCUT2D eigenvalue weighted by atomic mass is 10.2. The zero-order chi connectivity index (χ0) is 8.27. The van der Waals surface area contributed by atoms with Crippen LogP contribution < -0.4 is 0 Å². The van der Waals surface area contributed by atoms with Gasteiger partial charge in [0.25, 0.3) is 6.43 Å². The molecule has 0 spiro atoms. The average molecular weight is 159 g/mol. The lowest BCUT2D eigenvalue weighted by Crippen LogP contribution is -1.91. The van der Waals surface area contributed by atoms with E-state index in [1.807, 2.05) is 0 Å². The van der Waals surface area contributed by atoms with Crippen molar-refractivity contribution in [1.82, 2.24) is 4.98 Å². The van der Waals surface area contributed by atoms with Crippen LogP contribution in [0.5, 0.6) is 0 Å². The summed E-state index contributed by atoms with van der Waals surface area (Å²) in [5, 5.41) is 8.52. The van der Waals surface area contributed by atoms with Gasteiger partial charge in [0, 0.05) is 11.8 Å². The molecule has 0 fully saturated rings. The van der Waals surface area contributed by atoms with Crippen molar-refractivity contribution in [3.63, 3.8) is 0 Å². The van der Waals surface area contributed by atoms with Gasteiger partial charge in [-0.1, -0.05) is 0 Å². The first-order chi connectivity index (χ1) is 5.24. The first-order valence-corrected chi connectivity index (χ1v) is 3.08. The summed E-state index contributed by atoms with van der Waals surface area (Å²) in [7, 11) is 0. The Morgan fingerprint density at radius 3 is 2.55 bits per heavy atom. The molecule has 0 aliphatic rings. The second-order valence-electron chi connectivity index (χ2n) is 2.04. The Morgan fingerprint density at radius 1 is 1.45 bits per heavy atom. The molecular weight excluding hydrogens is 152 g/mol. The summed E-state index contributed by atoms with van der Waals surface area (Å²) in [4.78, 5) is 3.59. The lowest BCUT2D eigenvalue weighted by molar-refractivity contribution is 0.150. The molecule has 0 atom stereocenters. The Labute approximate surface area is 62.5 Å². The fourth-order valence-electron chi connectivity index (χ4n) is 0.659. The summed E-state index contributed by atoms with van der Waals surface area (Å²) < 4.78 is 23.8. The second-order valence-corrected chi connectivity index (χ2v) is 2.04. The molecule has 0 aromatic carbocycles. The Balaban J connectivity index is 2.83. The molecule has 1 aromatic heterocycles. The number of aromatic nitrogens is 1. The number of alkyl halides is 2. The highest BCUT2D eigenvalue weighted by molar-refractivity contribution is 5.14. The van der Waals surface area contributed by atoms with E-state index in [2.05, 4.69) is 4.98 Å². The third-order valence-corrected chi connectivity index (χ3v) is 1.26. The van der Waals surface area contributed by atoms with E-state index in [1.54, 1.807) is 0 Å². The summed E-state index contributed by atoms with van der Waals surface area (Å²) >= 11 is 0. The van der Waals surface area contributed by atoms with E-state index in [-0.39, 0.29) is 12.2 Å². The normalized spacial score (nSPS) is 10.5. The van der Waals surface area contributed by atoms with Crippen molar-refractivity contribution >= 4 is 0 Å². The first kappa shape index (κ1) is 8.07. The summed E-state index contributed by atoms with van der Waals surface area (Å²) in [6.07, 6.45) is -1.42. The fourth-order valence-corrected chi connectivity index (χ4v) is 0.659. The number of halogens is 2. The van der Waals surface area contributed by atoms with Crippen molar-refractivity contribution in [2.45, 2.75) is 13.0 Å². The van der Waals surface area contributed by atoms with Gasteiger partial charge in [-0.25, -0.2) is 8.78 Å². The number of rotatable bonds is 2. The van der Waals surface area contributed by atoms with E-state index in [9.17, 15) is 8.78 Å². The molecular formula is C7H7F2NO. The lowest BCUT2D eigenvalue weighted by Gasteiger charge is -1.98. The van der Waals surface area contributed by atoms with E-state index < -0.39 is 6.43 Å². The Morgan fingerprint density at radius 2 is 2.18 bits per heavy atom. The molecule has 11 heavy (non-hydrogen) atoms. The minimum absolute atomic E-state index is 0.123. The van der Waals surface area contributed by atoms with Crippen molar-refractivity contribution in [2.75, 3.05) is 0 Å². The summed E-state index contributed by atoms with van der Waals surface area (Å²) in [6, 6.07) is 2.63. The van der Waals surface area contributed by atoms with Crippen LogP contribution in [0.25, 0.3) is 0 Å². The monoisotopic (exact) mass is 159 g/mol. The Kier molecular flexibility index (Phi) is 2.48. The Hall–Kier alpha value is -1.03. The standard InChI is InChI=1S/C7H7F2NO/c8-7(9)5-1-2-6(4-11)10-3-5/h1-3,7,11H,4H2. The first-order valence-electron chi connectivity index (χ1n) is 3.08. The van der Waals surface area contributed by atoms with Crippen molar-refractivity contribution in [3.05, 3.63) is 29.6 Å². The van der Waals surface area contributed by atoms with Gasteiger partial charge >= 0.3 is 0 Å². The van der Waals surface area contributed by atoms with Crippen LogP contribution >= 0.6 is 0 Å². The van der Waals surface area contributed by atoms with Crippen LogP contribution in [-0.4, -0.2) is 10.1 Å². The highest BCUT2D eigenvalue weighted by atomic mass is 19.3. The topological polar surface area (TPSA) is 33.1 Å². The molecule has 1 aromatic rings. The molecule has 0 saturated heterocycles.